The van der Waals surface area contributed by atoms with E-state index in [2.05, 4.69) is 11.0 Å². The molecule has 5 nitrogen and oxygen atoms in total. The quantitative estimate of drug-likeness (QED) is 0.678. The molecule has 0 saturated carbocycles. The molecule has 0 aromatic carbocycles. The molecule has 3 rings (SSSR count). The lowest BCUT2D eigenvalue weighted by Crippen LogP contribution is -2.49. The Kier molecular flexibility index (Phi) is 5.66. The van der Waals surface area contributed by atoms with Crippen LogP contribution in [0.2, 0.25) is 0 Å². The van der Waals surface area contributed by atoms with Crippen LogP contribution in [0.5, 0.6) is 0 Å². The summed E-state index contributed by atoms with van der Waals surface area (Å²) in [6.07, 6.45) is 4.82. The van der Waals surface area contributed by atoms with Crippen molar-refractivity contribution >= 4 is 0 Å². The molecule has 1 aliphatic carbocycles. The molecule has 4 atom stereocenters. The Bertz CT molecular complexity index is 360. The van der Waals surface area contributed by atoms with Gasteiger partial charge in [-0.2, -0.15) is 0 Å². The first kappa shape index (κ1) is 15.4. The van der Waals surface area contributed by atoms with Crippen molar-refractivity contribution in [3.63, 3.8) is 0 Å². The van der Waals surface area contributed by atoms with Gasteiger partial charge in [-0.05, 0) is 12.8 Å². The highest BCUT2D eigenvalue weighted by Crippen LogP contribution is 2.35. The van der Waals surface area contributed by atoms with Crippen LogP contribution in [0.25, 0.3) is 0 Å². The number of hydrogen-bond donors (Lipinski definition) is 0. The van der Waals surface area contributed by atoms with E-state index < -0.39 is 0 Å². The molecule has 5 heteroatoms. The summed E-state index contributed by atoms with van der Waals surface area (Å²) in [7, 11) is 1.74. The van der Waals surface area contributed by atoms with Crippen LogP contribution in [0.4, 0.5) is 0 Å². The number of methoxy groups -OCH3 is 1. The summed E-state index contributed by atoms with van der Waals surface area (Å²) < 4.78 is 22.7. The van der Waals surface area contributed by atoms with E-state index in [9.17, 15) is 0 Å². The van der Waals surface area contributed by atoms with Crippen molar-refractivity contribution in [3.8, 4) is 0 Å². The lowest BCUT2D eigenvalue weighted by Gasteiger charge is -2.36. The molecular formula is C16H27NO4. The monoisotopic (exact) mass is 297 g/mol. The van der Waals surface area contributed by atoms with Gasteiger partial charge in [-0.25, -0.2) is 0 Å². The van der Waals surface area contributed by atoms with Crippen LogP contribution in [0.1, 0.15) is 12.8 Å². The summed E-state index contributed by atoms with van der Waals surface area (Å²) in [5.41, 5.74) is 1.61. The predicted molar refractivity (Wildman–Crippen MR) is 79.4 cm³/mol. The third kappa shape index (κ3) is 4.50. The molecule has 0 amide bonds. The number of rotatable bonds is 1. The molecule has 0 aromatic rings. The number of hydrogen-bond acceptors (Lipinski definition) is 5. The maximum atomic E-state index is 5.88. The average molecular weight is 297 g/mol. The zero-order valence-electron chi connectivity index (χ0n) is 13.0. The van der Waals surface area contributed by atoms with Gasteiger partial charge in [0.1, 0.15) is 6.10 Å². The molecule has 21 heavy (non-hydrogen) atoms. The Morgan fingerprint density at radius 1 is 1.14 bits per heavy atom. The van der Waals surface area contributed by atoms with Gasteiger partial charge in [0.2, 0.25) is 0 Å². The predicted octanol–water partition coefficient (Wildman–Crippen LogP) is 1.09. The summed E-state index contributed by atoms with van der Waals surface area (Å²) in [6, 6.07) is 0. The van der Waals surface area contributed by atoms with E-state index in [4.69, 9.17) is 18.9 Å². The molecule has 120 valence electrons. The number of allylic oxidation sites excluding steroid dienone is 1. The lowest BCUT2D eigenvalue weighted by atomic mass is 10.1. The minimum Gasteiger partial charge on any atom is -0.379 e. The zero-order chi connectivity index (χ0) is 14.5. The maximum absolute atomic E-state index is 5.88. The Balaban J connectivity index is 1.55. The van der Waals surface area contributed by atoms with E-state index in [0.29, 0.717) is 25.7 Å². The van der Waals surface area contributed by atoms with E-state index in [0.717, 1.165) is 39.3 Å². The van der Waals surface area contributed by atoms with Gasteiger partial charge in [0.05, 0.1) is 32.5 Å². The SMILES string of the molecule is COC1COCCOCCC2C=C2CCN2CCOC1C2. The second-order valence-electron chi connectivity index (χ2n) is 6.06. The van der Waals surface area contributed by atoms with Crippen molar-refractivity contribution < 1.29 is 18.9 Å². The lowest BCUT2D eigenvalue weighted by molar-refractivity contribution is -0.124. The van der Waals surface area contributed by atoms with Gasteiger partial charge in [-0.3, -0.25) is 4.90 Å². The minimum atomic E-state index is 0.00539. The van der Waals surface area contributed by atoms with Crippen molar-refractivity contribution in [2.24, 2.45) is 5.92 Å². The normalized spacial score (nSPS) is 38.6. The van der Waals surface area contributed by atoms with Crippen molar-refractivity contribution in [1.29, 1.82) is 0 Å². The fraction of sp³-hybridized carbons (Fsp3) is 0.875. The summed E-state index contributed by atoms with van der Waals surface area (Å²) in [6.45, 7) is 6.57. The molecule has 4 unspecified atom stereocenters. The third-order valence-corrected chi connectivity index (χ3v) is 4.62. The molecule has 0 spiro atoms. The molecule has 2 aliphatic heterocycles. The highest BCUT2D eigenvalue weighted by molar-refractivity contribution is 5.29. The van der Waals surface area contributed by atoms with Gasteiger partial charge in [0.15, 0.2) is 0 Å². The largest absolute Gasteiger partial charge is 0.379 e. The first-order chi connectivity index (χ1) is 10.4. The fourth-order valence-electron chi connectivity index (χ4n) is 3.15. The number of nitrogens with zero attached hydrogens (tertiary/aromatic N) is 1. The molecule has 0 radical (unpaired) electrons. The zero-order valence-corrected chi connectivity index (χ0v) is 13.0. The highest BCUT2D eigenvalue weighted by Gasteiger charge is 2.30. The molecule has 2 saturated heterocycles. The topological polar surface area (TPSA) is 40.2 Å². The van der Waals surface area contributed by atoms with E-state index in [1.54, 1.807) is 12.7 Å². The molecule has 3 aliphatic rings. The maximum Gasteiger partial charge on any atom is 0.108 e. The van der Waals surface area contributed by atoms with E-state index in [-0.39, 0.29) is 12.2 Å². The van der Waals surface area contributed by atoms with Crippen LogP contribution in [0.15, 0.2) is 11.6 Å². The number of morpholine rings is 1. The van der Waals surface area contributed by atoms with Crippen molar-refractivity contribution in [1.82, 2.24) is 4.90 Å². The van der Waals surface area contributed by atoms with Gasteiger partial charge in [0.25, 0.3) is 0 Å². The average Bonchev–Trinajstić information content (AvgIpc) is 3.26. The number of ether oxygens (including phenoxy) is 4. The summed E-state index contributed by atoms with van der Waals surface area (Å²) in [4.78, 5) is 2.49. The number of fused-ring (bicyclic) bond motifs is 3. The molecule has 2 fully saturated rings. The Labute approximate surface area is 127 Å². The first-order valence-corrected chi connectivity index (χ1v) is 8.09. The molecule has 0 N–H and O–H groups in total. The molecular weight excluding hydrogens is 270 g/mol. The second kappa shape index (κ2) is 7.70. The van der Waals surface area contributed by atoms with Gasteiger partial charge in [-0.15, -0.1) is 0 Å². The van der Waals surface area contributed by atoms with Crippen LogP contribution < -0.4 is 0 Å². The second-order valence-corrected chi connectivity index (χ2v) is 6.06. The summed E-state index contributed by atoms with van der Waals surface area (Å²) in [5, 5.41) is 0. The Morgan fingerprint density at radius 3 is 2.95 bits per heavy atom. The van der Waals surface area contributed by atoms with Crippen LogP contribution >= 0.6 is 0 Å². The van der Waals surface area contributed by atoms with Crippen LogP contribution in [-0.2, 0) is 18.9 Å². The van der Waals surface area contributed by atoms with Crippen LogP contribution in [-0.4, -0.2) is 76.9 Å². The van der Waals surface area contributed by atoms with Crippen LogP contribution in [0, 0.1) is 5.92 Å². The Morgan fingerprint density at radius 2 is 2.05 bits per heavy atom. The van der Waals surface area contributed by atoms with E-state index in [1.807, 2.05) is 0 Å². The van der Waals surface area contributed by atoms with Crippen molar-refractivity contribution in [2.45, 2.75) is 25.0 Å². The van der Waals surface area contributed by atoms with E-state index in [1.165, 1.54) is 6.42 Å². The smallest absolute Gasteiger partial charge is 0.108 e. The molecule has 2 bridgehead atoms. The summed E-state index contributed by atoms with van der Waals surface area (Å²) in [5.74, 6) is 0.694. The fourth-order valence-corrected chi connectivity index (χ4v) is 3.15. The Hall–Kier alpha value is -0.460. The van der Waals surface area contributed by atoms with Gasteiger partial charge in [-0.1, -0.05) is 11.6 Å². The molecule has 2 heterocycles. The summed E-state index contributed by atoms with van der Waals surface area (Å²) >= 11 is 0. The van der Waals surface area contributed by atoms with Gasteiger partial charge < -0.3 is 18.9 Å². The van der Waals surface area contributed by atoms with Crippen LogP contribution in [0.3, 0.4) is 0 Å². The molecule has 0 aromatic heterocycles. The van der Waals surface area contributed by atoms with Gasteiger partial charge in [0, 0.05) is 39.3 Å². The third-order valence-electron chi connectivity index (χ3n) is 4.62. The van der Waals surface area contributed by atoms with Gasteiger partial charge >= 0.3 is 0 Å². The first-order valence-electron chi connectivity index (χ1n) is 8.09. The highest BCUT2D eigenvalue weighted by atomic mass is 16.6. The van der Waals surface area contributed by atoms with E-state index >= 15 is 0 Å². The minimum absolute atomic E-state index is 0.00539. The van der Waals surface area contributed by atoms with Crippen molar-refractivity contribution in [3.05, 3.63) is 11.6 Å². The van der Waals surface area contributed by atoms with Crippen molar-refractivity contribution in [2.75, 3.05) is 59.8 Å². The standard InChI is InChI=1S/C16H27NO4/c1-18-16-12-20-9-8-19-6-3-14-10-13(14)2-4-17-5-7-21-15(16)11-17/h10,14-16H,2-9,11-12H2,1H3.